The molecule has 0 bridgehead atoms. The van der Waals surface area contributed by atoms with E-state index in [9.17, 15) is 0 Å². The molecule has 0 amide bonds. The predicted octanol–water partition coefficient (Wildman–Crippen LogP) is 8.73. The molecule has 0 spiro atoms. The van der Waals surface area contributed by atoms with E-state index in [0.717, 1.165) is 41.1 Å². The lowest BCUT2D eigenvalue weighted by molar-refractivity contribution is -0.0251. The summed E-state index contributed by atoms with van der Waals surface area (Å²) in [5, 5.41) is 0. The molecule has 44 heavy (non-hydrogen) atoms. The van der Waals surface area contributed by atoms with Crippen molar-refractivity contribution in [3.63, 3.8) is 0 Å². The first-order valence-corrected chi connectivity index (χ1v) is 16.7. The molecule has 4 aliphatic heterocycles. The highest BCUT2D eigenvalue weighted by Crippen LogP contribution is 2.55. The van der Waals surface area contributed by atoms with Gasteiger partial charge in [0.25, 0.3) is 0 Å². The summed E-state index contributed by atoms with van der Waals surface area (Å²) in [6.45, 7) is 17.1. The Kier molecular flexibility index (Phi) is 8.19. The number of rotatable bonds is 1. The first-order chi connectivity index (χ1) is 20.9. The van der Waals surface area contributed by atoms with Gasteiger partial charge in [-0.15, -0.1) is 0 Å². The van der Waals surface area contributed by atoms with Crippen molar-refractivity contribution in [1.82, 2.24) is 9.97 Å². The summed E-state index contributed by atoms with van der Waals surface area (Å²) in [7, 11) is 0. The summed E-state index contributed by atoms with van der Waals surface area (Å²) in [5.41, 5.74) is 7.13. The van der Waals surface area contributed by atoms with Crippen LogP contribution in [0.5, 0.6) is 0 Å². The van der Waals surface area contributed by atoms with Crippen LogP contribution in [0, 0.1) is 0 Å². The Morgan fingerprint density at radius 3 is 1.68 bits per heavy atom. The quantitative estimate of drug-likeness (QED) is 0.184. The number of benzene rings is 2. The molecule has 2 aromatic heterocycles. The van der Waals surface area contributed by atoms with Crippen LogP contribution in [0.4, 0.5) is 11.4 Å². The number of fused-ring (bicyclic) bond motifs is 6. The van der Waals surface area contributed by atoms with E-state index in [1.807, 2.05) is 36.5 Å². The van der Waals surface area contributed by atoms with Crippen molar-refractivity contribution < 1.29 is 9.47 Å². The van der Waals surface area contributed by atoms with Crippen molar-refractivity contribution in [2.75, 3.05) is 36.1 Å². The second kappa shape index (κ2) is 11.5. The minimum atomic E-state index is -0.238. The number of hydrogen-bond acceptors (Lipinski definition) is 6. The van der Waals surface area contributed by atoms with E-state index in [2.05, 4.69) is 136 Å². The molecule has 4 aliphatic rings. The third kappa shape index (κ3) is 4.98. The minimum Gasteiger partial charge on any atom is -0.353 e. The number of halogens is 2. The largest absolute Gasteiger partial charge is 0.353 e. The molecule has 2 fully saturated rings. The Labute approximate surface area is 278 Å². The average Bonchev–Trinajstić information content (AvgIpc) is 3.69. The maximum Gasteiger partial charge on any atom is 0.147 e. The summed E-state index contributed by atoms with van der Waals surface area (Å²) in [6.07, 6.45) is 3.58. The molecule has 6 heterocycles. The van der Waals surface area contributed by atoms with Gasteiger partial charge in [0.15, 0.2) is 0 Å². The van der Waals surface area contributed by atoms with Gasteiger partial charge in [0.1, 0.15) is 16.1 Å². The predicted molar refractivity (Wildman–Crippen MR) is 185 cm³/mol. The number of ether oxygens (including phenoxy) is 2. The third-order valence-corrected chi connectivity index (χ3v) is 11.2. The Bertz CT molecular complexity index is 1650. The molecule has 6 nitrogen and oxygen atoms in total. The lowest BCUT2D eigenvalue weighted by Gasteiger charge is -2.38. The molecule has 8 heteroatoms. The summed E-state index contributed by atoms with van der Waals surface area (Å²) < 4.78 is 14.2. The zero-order valence-electron chi connectivity index (χ0n) is 26.3. The molecule has 0 N–H and O–H groups in total. The molecule has 230 valence electrons. The Morgan fingerprint density at radius 1 is 0.636 bits per heavy atom. The molecule has 2 atom stereocenters. The highest BCUT2D eigenvalue weighted by molar-refractivity contribution is 9.10. The van der Waals surface area contributed by atoms with E-state index in [1.165, 1.54) is 28.1 Å². The topological polar surface area (TPSA) is 50.7 Å². The Balaban J connectivity index is 0.000000131. The molecule has 8 rings (SSSR count). The fourth-order valence-corrected chi connectivity index (χ4v) is 7.67. The summed E-state index contributed by atoms with van der Waals surface area (Å²) in [5.74, 6) is 0. The lowest BCUT2D eigenvalue weighted by atomic mass is 9.78. The van der Waals surface area contributed by atoms with Gasteiger partial charge in [0.2, 0.25) is 0 Å². The Hall–Kier alpha value is -2.78. The maximum absolute atomic E-state index is 6.12. The van der Waals surface area contributed by atoms with Crippen molar-refractivity contribution in [3.05, 3.63) is 105 Å². The van der Waals surface area contributed by atoms with Gasteiger partial charge in [-0.3, -0.25) is 4.98 Å². The average molecular weight is 721 g/mol. The van der Waals surface area contributed by atoms with Crippen LogP contribution in [0.3, 0.4) is 0 Å². The molecule has 0 aliphatic carbocycles. The van der Waals surface area contributed by atoms with Gasteiger partial charge in [-0.05, 0) is 95.5 Å². The van der Waals surface area contributed by atoms with Gasteiger partial charge in [-0.25, -0.2) is 4.98 Å². The van der Waals surface area contributed by atoms with E-state index in [-0.39, 0.29) is 22.3 Å². The van der Waals surface area contributed by atoms with Crippen LogP contribution in [-0.4, -0.2) is 47.7 Å². The van der Waals surface area contributed by atoms with Crippen LogP contribution >= 0.6 is 31.9 Å². The minimum absolute atomic E-state index is 0.0304. The highest BCUT2D eigenvalue weighted by atomic mass is 79.9. The van der Waals surface area contributed by atoms with Crippen LogP contribution < -0.4 is 9.80 Å². The first-order valence-electron chi connectivity index (χ1n) is 15.2. The SMILES string of the molecule is Brc1ccccn1.CC1(C)c2cc(-c3ccccn3)ccc2N2CCOC21C.CC1(C)c2cc(Br)ccc2N2CCOC21C. The molecular weight excluding hydrogens is 680 g/mol. The standard InChI is InChI=1S/C18H20N2O.C13H16BrNO.C5H4BrN/c1-17(2)14-12-13(15-6-4-5-9-19-15)7-8-16(14)20-10-11-21-18(17,20)3;1-12(2)10-8-9(14)4-5-11(10)15-6-7-16-13(12,15)3;6-5-3-1-2-4-7-5/h4-9,12H,10-11H2,1-3H3;4-5,8H,6-7H2,1-3H3;1-4H. The number of hydrogen-bond donors (Lipinski definition) is 0. The summed E-state index contributed by atoms with van der Waals surface area (Å²) in [4.78, 5) is 13.2. The van der Waals surface area contributed by atoms with Crippen LogP contribution in [0.1, 0.15) is 52.7 Å². The van der Waals surface area contributed by atoms with Crippen molar-refractivity contribution in [3.8, 4) is 11.3 Å². The molecular formula is C36H40Br2N4O2. The van der Waals surface area contributed by atoms with Crippen molar-refractivity contribution in [1.29, 1.82) is 0 Å². The molecule has 2 saturated heterocycles. The third-order valence-electron chi connectivity index (χ3n) is 10.2. The molecule has 2 unspecified atom stereocenters. The second-order valence-corrected chi connectivity index (χ2v) is 14.7. The van der Waals surface area contributed by atoms with Crippen molar-refractivity contribution >= 4 is 43.2 Å². The second-order valence-electron chi connectivity index (χ2n) is 13.0. The zero-order valence-corrected chi connectivity index (χ0v) is 29.4. The fourth-order valence-electron chi connectivity index (χ4n) is 7.04. The maximum atomic E-state index is 6.12. The summed E-state index contributed by atoms with van der Waals surface area (Å²) >= 11 is 6.75. The van der Waals surface area contributed by atoms with Gasteiger partial charge < -0.3 is 19.3 Å². The number of pyridine rings is 2. The van der Waals surface area contributed by atoms with Crippen LogP contribution in [0.15, 0.2) is 94.3 Å². The van der Waals surface area contributed by atoms with E-state index in [0.29, 0.717) is 0 Å². The van der Waals surface area contributed by atoms with Crippen molar-refractivity contribution in [2.24, 2.45) is 0 Å². The zero-order chi connectivity index (χ0) is 31.3. The van der Waals surface area contributed by atoms with Crippen LogP contribution in [-0.2, 0) is 20.3 Å². The van der Waals surface area contributed by atoms with E-state index in [1.54, 1.807) is 6.20 Å². The lowest BCUT2D eigenvalue weighted by Crippen LogP contribution is -2.50. The van der Waals surface area contributed by atoms with Gasteiger partial charge in [-0.1, -0.05) is 61.8 Å². The van der Waals surface area contributed by atoms with Crippen LogP contribution in [0.2, 0.25) is 0 Å². The van der Waals surface area contributed by atoms with Gasteiger partial charge in [0.05, 0.1) is 18.9 Å². The van der Waals surface area contributed by atoms with Gasteiger partial charge >= 0.3 is 0 Å². The first kappa shape index (κ1) is 31.2. The Morgan fingerprint density at radius 2 is 1.18 bits per heavy atom. The van der Waals surface area contributed by atoms with E-state index < -0.39 is 0 Å². The van der Waals surface area contributed by atoms with Gasteiger partial charge in [0, 0.05) is 57.7 Å². The molecule has 4 aromatic rings. The monoisotopic (exact) mass is 718 g/mol. The smallest absolute Gasteiger partial charge is 0.147 e. The molecule has 0 saturated carbocycles. The van der Waals surface area contributed by atoms with E-state index in [4.69, 9.17) is 9.47 Å². The summed E-state index contributed by atoms with van der Waals surface area (Å²) in [6, 6.07) is 24.9. The number of nitrogens with zero attached hydrogens (tertiary/aromatic N) is 4. The molecule has 0 radical (unpaired) electrons. The van der Waals surface area contributed by atoms with Crippen molar-refractivity contribution in [2.45, 2.75) is 63.8 Å². The number of aromatic nitrogens is 2. The fraction of sp³-hybridized carbons (Fsp3) is 0.389. The van der Waals surface area contributed by atoms with Crippen LogP contribution in [0.25, 0.3) is 11.3 Å². The van der Waals surface area contributed by atoms with E-state index >= 15 is 0 Å². The molecule has 2 aromatic carbocycles. The van der Waals surface area contributed by atoms with Gasteiger partial charge in [-0.2, -0.15) is 0 Å². The number of anilines is 2. The normalized spacial score (nSPS) is 24.7. The highest BCUT2D eigenvalue weighted by Gasteiger charge is 2.58.